The van der Waals surface area contributed by atoms with E-state index in [1.54, 1.807) is 0 Å². The molecule has 0 spiro atoms. The number of hydrogen-bond acceptors (Lipinski definition) is 2. The van der Waals surface area contributed by atoms with Crippen LogP contribution in [0.3, 0.4) is 0 Å². The lowest BCUT2D eigenvalue weighted by atomic mass is 10.4. The number of aliphatic imine (C=N–C) groups is 1. The summed E-state index contributed by atoms with van der Waals surface area (Å²) < 4.78 is 1.81. The van der Waals surface area contributed by atoms with Gasteiger partial charge in [0.15, 0.2) is 5.96 Å². The number of aryl methyl sites for hydroxylation is 1. The van der Waals surface area contributed by atoms with Crippen molar-refractivity contribution in [1.82, 2.24) is 20.0 Å². The number of hydrogen-bond donors (Lipinski definition) is 1. The van der Waals surface area contributed by atoms with Crippen molar-refractivity contribution in [3.8, 4) is 0 Å². The zero-order valence-corrected chi connectivity index (χ0v) is 13.4. The molecule has 2 rings (SSSR count). The number of nitrogens with zero attached hydrogens (tertiary/aromatic N) is 4. The quantitative estimate of drug-likeness (QED) is 0.504. The summed E-state index contributed by atoms with van der Waals surface area (Å²) in [5.74, 6) is 1.04. The third-order valence-electron chi connectivity index (χ3n) is 2.91. The van der Waals surface area contributed by atoms with Crippen molar-refractivity contribution in [1.29, 1.82) is 0 Å². The largest absolute Gasteiger partial charge is 0.357 e. The molecule has 0 aliphatic carbocycles. The molecular weight excluding hydrogens is 341 g/mol. The van der Waals surface area contributed by atoms with Gasteiger partial charge in [-0.05, 0) is 19.8 Å². The second kappa shape index (κ2) is 7.60. The minimum absolute atomic E-state index is 0. The maximum absolute atomic E-state index is 4.66. The topological polar surface area (TPSA) is 45.5 Å². The summed E-state index contributed by atoms with van der Waals surface area (Å²) in [6.45, 7) is 5.97. The van der Waals surface area contributed by atoms with Crippen LogP contribution in [0, 0.1) is 0 Å². The van der Waals surface area contributed by atoms with Crippen molar-refractivity contribution < 1.29 is 0 Å². The Hall–Kier alpha value is -0.790. The molecule has 18 heavy (non-hydrogen) atoms. The number of aromatic nitrogens is 2. The zero-order chi connectivity index (χ0) is 12.1. The molecule has 1 aliphatic rings. The second-order valence-corrected chi connectivity index (χ2v) is 4.39. The van der Waals surface area contributed by atoms with Gasteiger partial charge in [-0.25, -0.2) is 4.99 Å². The number of likely N-dealkylation sites (tertiary alicyclic amines) is 1. The number of rotatable bonds is 3. The van der Waals surface area contributed by atoms with E-state index in [0.29, 0.717) is 6.54 Å². The fraction of sp³-hybridized carbons (Fsp3) is 0.667. The van der Waals surface area contributed by atoms with Gasteiger partial charge < -0.3 is 10.2 Å². The Balaban J connectivity index is 0.00000162. The first kappa shape index (κ1) is 15.3. The molecule has 2 heterocycles. The van der Waals surface area contributed by atoms with Gasteiger partial charge in [0.1, 0.15) is 0 Å². The van der Waals surface area contributed by atoms with Crippen LogP contribution in [0.1, 0.15) is 25.3 Å². The van der Waals surface area contributed by atoms with E-state index < -0.39 is 0 Å². The van der Waals surface area contributed by atoms with Gasteiger partial charge in [0.2, 0.25) is 0 Å². The Labute approximate surface area is 126 Å². The predicted octanol–water partition coefficient (Wildman–Crippen LogP) is 1.60. The van der Waals surface area contributed by atoms with Gasteiger partial charge in [-0.1, -0.05) is 0 Å². The smallest absolute Gasteiger partial charge is 0.194 e. The molecule has 6 heteroatoms. The van der Waals surface area contributed by atoms with Gasteiger partial charge in [-0.2, -0.15) is 5.10 Å². The molecule has 0 aromatic carbocycles. The summed E-state index contributed by atoms with van der Waals surface area (Å²) in [5, 5.41) is 7.50. The first-order valence-electron chi connectivity index (χ1n) is 6.30. The summed E-state index contributed by atoms with van der Waals surface area (Å²) in [7, 11) is 1.93. The van der Waals surface area contributed by atoms with Crippen molar-refractivity contribution in [2.24, 2.45) is 12.0 Å². The molecule has 0 unspecified atom stereocenters. The van der Waals surface area contributed by atoms with Crippen LogP contribution in [0.5, 0.6) is 0 Å². The molecule has 1 aromatic heterocycles. The van der Waals surface area contributed by atoms with Crippen LogP contribution in [0.25, 0.3) is 0 Å². The van der Waals surface area contributed by atoms with E-state index >= 15 is 0 Å². The normalized spacial score (nSPS) is 15.7. The Kier molecular flexibility index (Phi) is 6.45. The van der Waals surface area contributed by atoms with E-state index in [-0.39, 0.29) is 24.0 Å². The molecular formula is C12H22IN5. The van der Waals surface area contributed by atoms with Crippen molar-refractivity contribution in [2.45, 2.75) is 26.3 Å². The SMILES string of the molecule is CCNC(=NCc1cnn(C)c1)N1CCCC1.I. The molecule has 1 fully saturated rings. The number of nitrogens with one attached hydrogen (secondary N) is 1. The average Bonchev–Trinajstić information content (AvgIpc) is 2.95. The van der Waals surface area contributed by atoms with Crippen LogP contribution in [-0.2, 0) is 13.6 Å². The molecule has 0 radical (unpaired) electrons. The van der Waals surface area contributed by atoms with Crippen molar-refractivity contribution in [2.75, 3.05) is 19.6 Å². The minimum atomic E-state index is 0. The molecule has 0 amide bonds. The molecule has 5 nitrogen and oxygen atoms in total. The predicted molar refractivity (Wildman–Crippen MR) is 84.2 cm³/mol. The van der Waals surface area contributed by atoms with E-state index in [0.717, 1.165) is 31.2 Å². The zero-order valence-electron chi connectivity index (χ0n) is 11.1. The van der Waals surface area contributed by atoms with Gasteiger partial charge in [0.05, 0.1) is 12.7 Å². The van der Waals surface area contributed by atoms with Crippen molar-refractivity contribution in [3.05, 3.63) is 18.0 Å². The molecule has 1 aromatic rings. The van der Waals surface area contributed by atoms with Gasteiger partial charge in [0, 0.05) is 38.4 Å². The highest BCUT2D eigenvalue weighted by atomic mass is 127. The van der Waals surface area contributed by atoms with E-state index in [1.807, 2.05) is 24.1 Å². The molecule has 1 aliphatic heterocycles. The fourth-order valence-corrected chi connectivity index (χ4v) is 2.07. The third kappa shape index (κ3) is 4.15. The second-order valence-electron chi connectivity index (χ2n) is 4.39. The van der Waals surface area contributed by atoms with Crippen LogP contribution in [0.15, 0.2) is 17.4 Å². The highest BCUT2D eigenvalue weighted by Crippen LogP contribution is 2.08. The first-order chi connectivity index (χ1) is 8.29. The maximum Gasteiger partial charge on any atom is 0.194 e. The fourth-order valence-electron chi connectivity index (χ4n) is 2.07. The van der Waals surface area contributed by atoms with Crippen LogP contribution in [0.4, 0.5) is 0 Å². The Morgan fingerprint density at radius 2 is 2.17 bits per heavy atom. The van der Waals surface area contributed by atoms with Crippen LogP contribution < -0.4 is 5.32 Å². The Morgan fingerprint density at radius 1 is 1.44 bits per heavy atom. The van der Waals surface area contributed by atoms with Crippen LogP contribution >= 0.6 is 24.0 Å². The lowest BCUT2D eigenvalue weighted by Crippen LogP contribution is -2.39. The van der Waals surface area contributed by atoms with Crippen molar-refractivity contribution in [3.63, 3.8) is 0 Å². The van der Waals surface area contributed by atoms with E-state index in [1.165, 1.54) is 12.8 Å². The molecule has 1 N–H and O–H groups in total. The summed E-state index contributed by atoms with van der Waals surface area (Å²) in [5.41, 5.74) is 1.15. The van der Waals surface area contributed by atoms with E-state index in [2.05, 4.69) is 27.2 Å². The Morgan fingerprint density at radius 3 is 2.72 bits per heavy atom. The highest BCUT2D eigenvalue weighted by Gasteiger charge is 2.15. The van der Waals surface area contributed by atoms with Crippen LogP contribution in [-0.4, -0.2) is 40.3 Å². The Bertz CT molecular complexity index is 382. The van der Waals surface area contributed by atoms with Crippen LogP contribution in [0.2, 0.25) is 0 Å². The molecule has 0 atom stereocenters. The monoisotopic (exact) mass is 363 g/mol. The molecule has 0 bridgehead atoms. The van der Waals surface area contributed by atoms with Gasteiger partial charge >= 0.3 is 0 Å². The van der Waals surface area contributed by atoms with Crippen molar-refractivity contribution >= 4 is 29.9 Å². The number of halogens is 1. The van der Waals surface area contributed by atoms with Gasteiger partial charge in [-0.3, -0.25) is 4.68 Å². The van der Waals surface area contributed by atoms with E-state index in [9.17, 15) is 0 Å². The molecule has 102 valence electrons. The first-order valence-corrected chi connectivity index (χ1v) is 6.30. The van der Waals surface area contributed by atoms with E-state index in [4.69, 9.17) is 0 Å². The lowest BCUT2D eigenvalue weighted by molar-refractivity contribution is 0.493. The summed E-state index contributed by atoms with van der Waals surface area (Å²) >= 11 is 0. The maximum atomic E-state index is 4.66. The third-order valence-corrected chi connectivity index (χ3v) is 2.91. The van der Waals surface area contributed by atoms with Gasteiger partial charge in [-0.15, -0.1) is 24.0 Å². The summed E-state index contributed by atoms with van der Waals surface area (Å²) in [6, 6.07) is 0. The number of guanidine groups is 1. The van der Waals surface area contributed by atoms with Gasteiger partial charge in [0.25, 0.3) is 0 Å². The summed E-state index contributed by atoms with van der Waals surface area (Å²) in [6.07, 6.45) is 6.43. The lowest BCUT2D eigenvalue weighted by Gasteiger charge is -2.20. The molecule has 1 saturated heterocycles. The molecule has 0 saturated carbocycles. The average molecular weight is 363 g/mol. The minimum Gasteiger partial charge on any atom is -0.357 e. The highest BCUT2D eigenvalue weighted by molar-refractivity contribution is 14.0. The summed E-state index contributed by atoms with van der Waals surface area (Å²) in [4.78, 5) is 6.99. The standard InChI is InChI=1S/C12H21N5.HI/c1-3-13-12(17-6-4-5-7-17)14-8-11-9-15-16(2)10-11;/h9-10H,3-8H2,1-2H3,(H,13,14);1H.